The number of rotatable bonds is 9. The van der Waals surface area contributed by atoms with Gasteiger partial charge in [-0.15, -0.1) is 0 Å². The fourth-order valence-electron chi connectivity index (χ4n) is 4.42. The van der Waals surface area contributed by atoms with Gasteiger partial charge in [-0.3, -0.25) is 0 Å². The van der Waals surface area contributed by atoms with Crippen molar-refractivity contribution in [2.24, 2.45) is 0 Å². The minimum atomic E-state index is -3.67. The van der Waals surface area contributed by atoms with Crippen LogP contribution in [0.3, 0.4) is 0 Å². The first kappa shape index (κ1) is 24.2. The summed E-state index contributed by atoms with van der Waals surface area (Å²) in [4.78, 5) is 12.2. The van der Waals surface area contributed by atoms with Crippen LogP contribution >= 0.6 is 0 Å². The molecule has 1 aromatic carbocycles. The summed E-state index contributed by atoms with van der Waals surface area (Å²) in [6.07, 6.45) is 1.73. The second-order valence-electron chi connectivity index (χ2n) is 9.17. The van der Waals surface area contributed by atoms with E-state index in [9.17, 15) is 23.4 Å². The number of alkyl carbamates (subject to hydrolysis) is 1. The van der Waals surface area contributed by atoms with Crippen LogP contribution in [0, 0.1) is 0 Å². The summed E-state index contributed by atoms with van der Waals surface area (Å²) in [7, 11) is -3.67. The number of aliphatic hydroxyl groups excluding tert-OH is 2. The average molecular weight is 485 g/mol. The van der Waals surface area contributed by atoms with Gasteiger partial charge < -0.3 is 35.1 Å². The molecule has 2 atom stereocenters. The van der Waals surface area contributed by atoms with Gasteiger partial charge in [0.1, 0.15) is 25.1 Å². The van der Waals surface area contributed by atoms with Crippen molar-refractivity contribution in [1.82, 2.24) is 10.6 Å². The van der Waals surface area contributed by atoms with Gasteiger partial charge >= 0.3 is 6.09 Å². The predicted octanol–water partition coefficient (Wildman–Crippen LogP) is 0.362. The molecule has 4 N–H and O–H groups in total. The lowest BCUT2D eigenvalue weighted by atomic mass is 9.88. The molecule has 184 valence electrons. The van der Waals surface area contributed by atoms with Gasteiger partial charge in [-0.05, 0) is 63.4 Å². The van der Waals surface area contributed by atoms with Crippen LogP contribution in [0.4, 0.5) is 4.79 Å². The fourth-order valence-corrected chi connectivity index (χ4v) is 6.26. The van der Waals surface area contributed by atoms with Gasteiger partial charge in [-0.25, -0.2) is 13.2 Å². The summed E-state index contributed by atoms with van der Waals surface area (Å²) in [6, 6.07) is 5.84. The standard InChI is InChI=1S/C22H32N2O8S/c25-15-22(4-5-22)33(28,29)19-3-1-2-18(10-19)30-13-17(26)14-31-20(27)24-16-11-21(32-12-16)6-8-23-9-7-21/h1-3,10,16-17,23,25-26H,4-9,11-15H2,(H,24,27)/t16-,17+/m1/s1. The van der Waals surface area contributed by atoms with Gasteiger partial charge in [0.05, 0.1) is 34.5 Å². The monoisotopic (exact) mass is 484 g/mol. The molecular weight excluding hydrogens is 452 g/mol. The number of ether oxygens (including phenoxy) is 3. The van der Waals surface area contributed by atoms with Crippen molar-refractivity contribution in [1.29, 1.82) is 0 Å². The van der Waals surface area contributed by atoms with Crippen molar-refractivity contribution < 1.29 is 37.6 Å². The Kier molecular flexibility index (Phi) is 7.15. The highest BCUT2D eigenvalue weighted by atomic mass is 32.2. The van der Waals surface area contributed by atoms with Crippen LogP contribution in [-0.2, 0) is 19.3 Å². The molecule has 2 aliphatic heterocycles. The van der Waals surface area contributed by atoms with E-state index >= 15 is 0 Å². The Morgan fingerprint density at radius 3 is 2.70 bits per heavy atom. The zero-order valence-electron chi connectivity index (χ0n) is 18.5. The Bertz CT molecular complexity index is 943. The van der Waals surface area contributed by atoms with E-state index in [0.29, 0.717) is 19.4 Å². The number of benzene rings is 1. The van der Waals surface area contributed by atoms with Gasteiger partial charge in [0.15, 0.2) is 9.84 Å². The third-order valence-corrected chi connectivity index (χ3v) is 9.23. The summed E-state index contributed by atoms with van der Waals surface area (Å²) in [5.41, 5.74) is -0.172. The molecule has 1 amide bonds. The van der Waals surface area contributed by atoms with Crippen molar-refractivity contribution in [3.63, 3.8) is 0 Å². The highest BCUT2D eigenvalue weighted by molar-refractivity contribution is 7.93. The van der Waals surface area contributed by atoms with E-state index in [2.05, 4.69) is 10.6 Å². The molecule has 3 aliphatic rings. The Labute approximate surface area is 193 Å². The number of hydrogen-bond donors (Lipinski definition) is 4. The van der Waals surface area contributed by atoms with Gasteiger partial charge in [0.25, 0.3) is 0 Å². The van der Waals surface area contributed by atoms with E-state index in [1.54, 1.807) is 12.1 Å². The maximum Gasteiger partial charge on any atom is 0.407 e. The minimum Gasteiger partial charge on any atom is -0.491 e. The lowest BCUT2D eigenvalue weighted by Gasteiger charge is -2.32. The average Bonchev–Trinajstić information content (AvgIpc) is 3.55. The number of piperidine rings is 1. The number of aliphatic hydroxyl groups is 2. The van der Waals surface area contributed by atoms with Crippen LogP contribution < -0.4 is 15.4 Å². The SMILES string of the molecule is O=C(N[C@H]1COC2(CCNCC2)C1)OC[C@@H](O)COc1cccc(S(=O)(=O)C2(CO)CC2)c1. The number of amides is 1. The van der Waals surface area contributed by atoms with Crippen molar-refractivity contribution in [2.75, 3.05) is 39.5 Å². The Morgan fingerprint density at radius 2 is 2.00 bits per heavy atom. The molecule has 0 radical (unpaired) electrons. The van der Waals surface area contributed by atoms with Crippen LogP contribution in [-0.4, -0.2) is 86.7 Å². The molecule has 4 rings (SSSR count). The Balaban J connectivity index is 1.20. The normalized spacial score (nSPS) is 24.2. The minimum absolute atomic E-state index is 0.0713. The molecule has 1 saturated carbocycles. The summed E-state index contributed by atoms with van der Waals surface area (Å²) in [6.45, 7) is 1.40. The molecule has 10 nitrogen and oxygen atoms in total. The van der Waals surface area contributed by atoms with Gasteiger partial charge in [0, 0.05) is 0 Å². The quantitative estimate of drug-likeness (QED) is 0.391. The molecule has 0 unspecified atom stereocenters. The van der Waals surface area contributed by atoms with Crippen molar-refractivity contribution in [3.05, 3.63) is 24.3 Å². The summed E-state index contributed by atoms with van der Waals surface area (Å²) in [5.74, 6) is 0.267. The number of nitrogens with one attached hydrogen (secondary N) is 2. The molecule has 0 aromatic heterocycles. The first-order chi connectivity index (χ1) is 15.8. The number of hydrogen-bond acceptors (Lipinski definition) is 9. The number of carbonyl (C=O) groups is 1. The topological polar surface area (TPSA) is 143 Å². The lowest BCUT2D eigenvalue weighted by molar-refractivity contribution is -0.0194. The van der Waals surface area contributed by atoms with E-state index in [1.165, 1.54) is 12.1 Å². The fraction of sp³-hybridized carbons (Fsp3) is 0.682. The predicted molar refractivity (Wildman–Crippen MR) is 118 cm³/mol. The molecule has 33 heavy (non-hydrogen) atoms. The highest BCUT2D eigenvalue weighted by Gasteiger charge is 2.54. The second-order valence-corrected chi connectivity index (χ2v) is 11.5. The summed E-state index contributed by atoms with van der Waals surface area (Å²) in [5, 5.41) is 25.7. The second kappa shape index (κ2) is 9.75. The Morgan fingerprint density at radius 1 is 1.24 bits per heavy atom. The molecule has 0 bridgehead atoms. The Hall–Kier alpha value is -1.92. The molecular formula is C22H32N2O8S. The maximum absolute atomic E-state index is 12.7. The van der Waals surface area contributed by atoms with Crippen LogP contribution in [0.2, 0.25) is 0 Å². The van der Waals surface area contributed by atoms with Gasteiger partial charge in [0.2, 0.25) is 0 Å². The van der Waals surface area contributed by atoms with E-state index < -0.39 is 33.4 Å². The zero-order valence-corrected chi connectivity index (χ0v) is 19.3. The number of carbonyl (C=O) groups excluding carboxylic acids is 1. The third kappa shape index (κ3) is 5.43. The summed E-state index contributed by atoms with van der Waals surface area (Å²) < 4.78 is 40.9. The largest absolute Gasteiger partial charge is 0.491 e. The molecule has 2 saturated heterocycles. The van der Waals surface area contributed by atoms with E-state index in [0.717, 1.165) is 32.4 Å². The van der Waals surface area contributed by atoms with Crippen LogP contribution in [0.15, 0.2) is 29.2 Å². The molecule has 1 spiro atoms. The lowest BCUT2D eigenvalue weighted by Crippen LogP contribution is -2.43. The smallest absolute Gasteiger partial charge is 0.407 e. The molecule has 2 heterocycles. The molecule has 1 aliphatic carbocycles. The van der Waals surface area contributed by atoms with Crippen molar-refractivity contribution in [3.8, 4) is 5.75 Å². The van der Waals surface area contributed by atoms with Gasteiger partial charge in [-0.1, -0.05) is 6.07 Å². The molecule has 11 heteroatoms. The van der Waals surface area contributed by atoms with E-state index in [1.807, 2.05) is 0 Å². The van der Waals surface area contributed by atoms with Crippen molar-refractivity contribution >= 4 is 15.9 Å². The van der Waals surface area contributed by atoms with Crippen LogP contribution in [0.1, 0.15) is 32.1 Å². The van der Waals surface area contributed by atoms with Crippen LogP contribution in [0.5, 0.6) is 5.75 Å². The number of sulfone groups is 1. The zero-order chi connectivity index (χ0) is 23.5. The van der Waals surface area contributed by atoms with Gasteiger partial charge in [-0.2, -0.15) is 0 Å². The summed E-state index contributed by atoms with van der Waals surface area (Å²) >= 11 is 0. The first-order valence-corrected chi connectivity index (χ1v) is 12.8. The molecule has 1 aromatic rings. The van der Waals surface area contributed by atoms with Crippen molar-refractivity contribution in [2.45, 2.75) is 59.5 Å². The van der Waals surface area contributed by atoms with Crippen LogP contribution in [0.25, 0.3) is 0 Å². The third-order valence-electron chi connectivity index (χ3n) is 6.68. The van der Waals surface area contributed by atoms with E-state index in [-0.39, 0.29) is 35.5 Å². The molecule has 3 fully saturated rings. The highest BCUT2D eigenvalue weighted by Crippen LogP contribution is 2.46. The van der Waals surface area contributed by atoms with E-state index in [4.69, 9.17) is 14.2 Å². The first-order valence-electron chi connectivity index (χ1n) is 11.3. The maximum atomic E-state index is 12.7.